The van der Waals surface area contributed by atoms with Crippen LogP contribution in [-0.4, -0.2) is 247 Å². The Kier molecular flexibility index (Phi) is 27.9. The van der Waals surface area contributed by atoms with E-state index in [1.165, 1.54) is 74.9 Å². The van der Waals surface area contributed by atoms with Crippen molar-refractivity contribution in [2.45, 2.75) is 20.0 Å². The first-order valence-corrected chi connectivity index (χ1v) is 30.1. The predicted molar refractivity (Wildman–Crippen MR) is 356 cm³/mol. The van der Waals surface area contributed by atoms with Gasteiger partial charge in [0, 0.05) is 160 Å². The third kappa shape index (κ3) is 20.9. The van der Waals surface area contributed by atoms with Crippen LogP contribution in [0.15, 0.2) is 73.8 Å². The quantitative estimate of drug-likeness (QED) is 0.0384. The van der Waals surface area contributed by atoms with Crippen LogP contribution in [0.3, 0.4) is 0 Å². The van der Waals surface area contributed by atoms with Crippen molar-refractivity contribution in [2.75, 3.05) is 170 Å². The number of likely N-dealkylation sites (N-methyl/N-ethyl adjacent to an activating group) is 1. The average Bonchev–Trinajstić information content (AvgIpc) is 1.52. The third-order valence-corrected chi connectivity index (χ3v) is 14.4. The number of amides is 8. The van der Waals surface area contributed by atoms with E-state index in [1.807, 2.05) is 31.0 Å². The summed E-state index contributed by atoms with van der Waals surface area (Å²) < 4.78 is 27.0. The van der Waals surface area contributed by atoms with Crippen molar-refractivity contribution < 1.29 is 62.0 Å². The lowest BCUT2D eigenvalue weighted by Gasteiger charge is -2.32. The van der Waals surface area contributed by atoms with E-state index in [-0.39, 0.29) is 96.0 Å². The molecule has 37 nitrogen and oxygen atoms in total. The van der Waals surface area contributed by atoms with Gasteiger partial charge in [-0.25, -0.2) is 63.9 Å². The first-order valence-electron chi connectivity index (χ1n) is 30.1. The molecule has 9 rings (SSSR count). The first kappa shape index (κ1) is 74.2. The highest BCUT2D eigenvalue weighted by molar-refractivity contribution is 6.01. The van der Waals surface area contributed by atoms with Crippen molar-refractivity contribution in [3.63, 3.8) is 0 Å². The SMILES string of the molecule is COCCNc1cc(NC(=O)N(C)c2ncc(-n3cccn3)c(C=O)n2)ncc1C#N.COCCNc1cc(NC(=O)N(C)c2ncc(CN3CCOCC3=O)c(C=O)n2)ncc1C.COCCOc1cc(NC(=O)N(C)c2ncc(CN3CCN(C)CC3=O)c(C=O)n2)ncc1C#N. The summed E-state index contributed by atoms with van der Waals surface area (Å²) in [7, 11) is 11.0. The van der Waals surface area contributed by atoms with Crippen LogP contribution in [0.5, 0.6) is 5.75 Å². The van der Waals surface area contributed by atoms with Crippen molar-refractivity contribution in [3.8, 4) is 23.6 Å². The van der Waals surface area contributed by atoms with Crippen LogP contribution in [-0.2, 0) is 41.6 Å². The molecule has 0 aliphatic carbocycles. The number of nitrogens with zero attached hydrogens (tertiary/aromatic N) is 19. The molecule has 0 radical (unpaired) electrons. The lowest BCUT2D eigenvalue weighted by atomic mass is 10.2. The second kappa shape index (κ2) is 37.2. The predicted octanol–water partition coefficient (Wildman–Crippen LogP) is 3.07. The number of ether oxygens (including phenoxy) is 5. The van der Waals surface area contributed by atoms with Gasteiger partial charge in [-0.05, 0) is 25.6 Å². The van der Waals surface area contributed by atoms with E-state index in [4.69, 9.17) is 23.7 Å². The van der Waals surface area contributed by atoms with Gasteiger partial charge in [-0.2, -0.15) is 15.6 Å². The first-order chi connectivity index (χ1) is 47.8. The number of hydrogen-bond donors (Lipinski definition) is 5. The molecule has 518 valence electrons. The van der Waals surface area contributed by atoms with Gasteiger partial charge in [-0.1, -0.05) is 0 Å². The van der Waals surface area contributed by atoms with Gasteiger partial charge in [0.2, 0.25) is 29.7 Å². The van der Waals surface area contributed by atoms with E-state index in [9.17, 15) is 48.9 Å². The highest BCUT2D eigenvalue weighted by atomic mass is 16.5. The van der Waals surface area contributed by atoms with E-state index in [0.717, 1.165) is 27.6 Å². The van der Waals surface area contributed by atoms with E-state index < -0.39 is 18.1 Å². The molecule has 99 heavy (non-hydrogen) atoms. The molecule has 2 fully saturated rings. The maximum atomic E-state index is 12.7. The van der Waals surface area contributed by atoms with Crippen LogP contribution in [0.2, 0.25) is 0 Å². The number of piperazine rings is 1. The highest BCUT2D eigenvalue weighted by Crippen LogP contribution is 2.24. The molecule has 5 N–H and O–H groups in total. The Hall–Kier alpha value is -12.2. The summed E-state index contributed by atoms with van der Waals surface area (Å²) in [5, 5.41) is 36.6. The van der Waals surface area contributed by atoms with E-state index >= 15 is 0 Å². The molecule has 0 saturated carbocycles. The molecule has 8 amide bonds. The topological polar surface area (TPSA) is 444 Å². The van der Waals surface area contributed by atoms with E-state index in [0.29, 0.717) is 112 Å². The van der Waals surface area contributed by atoms with Crippen LogP contribution in [0.25, 0.3) is 5.69 Å². The normalized spacial score (nSPS) is 12.6. The molecule has 7 aromatic heterocycles. The highest BCUT2D eigenvalue weighted by Gasteiger charge is 2.26. The zero-order valence-corrected chi connectivity index (χ0v) is 55.4. The minimum Gasteiger partial charge on any atom is -0.490 e. The summed E-state index contributed by atoms with van der Waals surface area (Å²) in [5.41, 5.74) is 4.43. The minimum absolute atomic E-state index is 0.00886. The lowest BCUT2D eigenvalue weighted by molar-refractivity contribution is -0.143. The van der Waals surface area contributed by atoms with Crippen molar-refractivity contribution in [3.05, 3.63) is 119 Å². The molecule has 2 aliphatic heterocycles. The van der Waals surface area contributed by atoms with Crippen LogP contribution in [0, 0.1) is 29.6 Å². The molecule has 2 aliphatic rings. The van der Waals surface area contributed by atoms with Gasteiger partial charge in [-0.15, -0.1) is 0 Å². The van der Waals surface area contributed by atoms with Gasteiger partial charge < -0.3 is 44.1 Å². The van der Waals surface area contributed by atoms with Gasteiger partial charge in [0.1, 0.15) is 76.9 Å². The Balaban J connectivity index is 0.000000209. The summed E-state index contributed by atoms with van der Waals surface area (Å²) in [6.07, 6.45) is 13.5. The number of carbonyl (C=O) groups excluding carboxylic acids is 8. The van der Waals surface area contributed by atoms with Crippen LogP contribution >= 0.6 is 0 Å². The molecule has 37 heteroatoms. The van der Waals surface area contributed by atoms with Crippen LogP contribution < -0.4 is 46.0 Å². The molecule has 9 heterocycles. The van der Waals surface area contributed by atoms with Gasteiger partial charge >= 0.3 is 18.1 Å². The molecule has 0 unspecified atom stereocenters. The molecular formula is C62H72N24O13. The molecule has 0 bridgehead atoms. The van der Waals surface area contributed by atoms with E-state index in [1.54, 1.807) is 60.8 Å². The fraction of sp³-hybridized carbons (Fsp3) is 0.355. The number of methoxy groups -OCH3 is 3. The van der Waals surface area contributed by atoms with Crippen molar-refractivity contribution in [1.82, 2.24) is 69.3 Å². The zero-order chi connectivity index (χ0) is 71.4. The van der Waals surface area contributed by atoms with Gasteiger partial charge in [0.25, 0.3) is 0 Å². The number of hydrogen-bond acceptors (Lipinski definition) is 28. The Morgan fingerprint density at radius 1 is 0.616 bits per heavy atom. The summed E-state index contributed by atoms with van der Waals surface area (Å²) in [5.74, 6) is 0.795. The molecular weight excluding hydrogens is 1290 g/mol. The number of morpholine rings is 1. The number of pyridine rings is 3. The largest absolute Gasteiger partial charge is 0.490 e. The molecule has 0 atom stereocenters. The summed E-state index contributed by atoms with van der Waals surface area (Å²) in [6.45, 7) is 7.36. The second-order valence-electron chi connectivity index (χ2n) is 21.3. The monoisotopic (exact) mass is 1360 g/mol. The summed E-state index contributed by atoms with van der Waals surface area (Å²) >= 11 is 0. The Labute approximate surface area is 567 Å². The second-order valence-corrected chi connectivity index (χ2v) is 21.3. The number of nitriles is 2. The fourth-order valence-corrected chi connectivity index (χ4v) is 8.84. The lowest BCUT2D eigenvalue weighted by Crippen LogP contribution is -2.48. The zero-order valence-electron chi connectivity index (χ0n) is 55.4. The number of aldehydes is 3. The number of anilines is 8. The van der Waals surface area contributed by atoms with Crippen molar-refractivity contribution in [2.24, 2.45) is 0 Å². The maximum Gasteiger partial charge on any atom is 0.329 e. The molecule has 2 saturated heterocycles. The van der Waals surface area contributed by atoms with E-state index in [2.05, 4.69) is 76.5 Å². The average molecular weight is 1360 g/mol. The number of rotatable bonds is 26. The summed E-state index contributed by atoms with van der Waals surface area (Å²) in [6, 6.07) is 8.66. The molecule has 0 spiro atoms. The summed E-state index contributed by atoms with van der Waals surface area (Å²) in [4.78, 5) is 143. The number of aromatic nitrogens is 11. The molecule has 7 aromatic rings. The third-order valence-electron chi connectivity index (χ3n) is 14.4. The number of aryl methyl sites for hydroxylation is 1. The minimum atomic E-state index is -0.621. The Bertz CT molecular complexity index is 4080. The van der Waals surface area contributed by atoms with Gasteiger partial charge in [-0.3, -0.25) is 59.5 Å². The van der Waals surface area contributed by atoms with Gasteiger partial charge in [0.15, 0.2) is 18.9 Å². The molecule has 0 aromatic carbocycles. The van der Waals surface area contributed by atoms with Crippen LogP contribution in [0.1, 0.15) is 59.3 Å². The van der Waals surface area contributed by atoms with Crippen molar-refractivity contribution in [1.29, 1.82) is 10.5 Å². The number of carbonyl (C=O) groups is 8. The van der Waals surface area contributed by atoms with Crippen LogP contribution in [0.4, 0.5) is 61.1 Å². The Morgan fingerprint density at radius 2 is 1.12 bits per heavy atom. The fourth-order valence-electron chi connectivity index (χ4n) is 8.84. The smallest absolute Gasteiger partial charge is 0.329 e. The number of urea groups is 3. The maximum absolute atomic E-state index is 12.7. The standard InChI is InChI=1S/C22H26N8O5.C21H27N7O5.C19H19N9O3/c1-28-4-5-30(20(32)13-28)12-16-11-25-21(26-17(16)14-31)29(2)22(33)27-19-8-18(35-7-6-34-3)15(9-23)10-24-19;1-14-9-23-18(8-16(14)22-4-6-32-3)26-21(31)27(2)20-24-10-15(17(12-29)25-20)11-28-5-7-33-13-19(28)30;1-27(18-23-11-16(15(12-29)25-18)28-6-3-4-24-28)19(30)26-17-8-14(21-5-7-31-2)13(9-20)10-22-17/h8,10-11,14H,4-7,12-13H2,1-3H3,(H,24,27,33);8-10,12H,4-7,11,13H2,1-3H3,(H2,22,23,26,31);3-4,6,8,10-12H,5,7H2,1-2H3,(H2,21,22,26,30). The van der Waals surface area contributed by atoms with Gasteiger partial charge in [0.05, 0.1) is 56.6 Å². The van der Waals surface area contributed by atoms with Crippen molar-refractivity contribution >= 4 is 95.4 Å². The Morgan fingerprint density at radius 3 is 1.64 bits per heavy atom. The number of nitrogens with one attached hydrogen (secondary N) is 5.